The lowest BCUT2D eigenvalue weighted by atomic mass is 9.95. The fourth-order valence-electron chi connectivity index (χ4n) is 3.63. The molecule has 30 heavy (non-hydrogen) atoms. The first-order valence-electron chi connectivity index (χ1n) is 9.70. The lowest BCUT2D eigenvalue weighted by Crippen LogP contribution is -2.40. The van der Waals surface area contributed by atoms with E-state index in [1.165, 1.54) is 6.07 Å². The quantitative estimate of drug-likeness (QED) is 0.705. The third-order valence-corrected chi connectivity index (χ3v) is 5.41. The Hall–Kier alpha value is -3.17. The van der Waals surface area contributed by atoms with E-state index in [0.717, 1.165) is 15.6 Å². The Bertz CT molecular complexity index is 1060. The normalized spacial score (nSPS) is 15.5. The van der Waals surface area contributed by atoms with Gasteiger partial charge in [0.1, 0.15) is 5.82 Å². The van der Waals surface area contributed by atoms with Crippen LogP contribution in [0.1, 0.15) is 29.8 Å². The average Bonchev–Trinajstić information content (AvgIpc) is 3.17. The third-order valence-electron chi connectivity index (χ3n) is 5.41. The largest absolute Gasteiger partial charge is 0.453 e. The van der Waals surface area contributed by atoms with Crippen molar-refractivity contribution >= 4 is 17.4 Å². The molecule has 1 saturated heterocycles. The number of rotatable bonds is 4. The van der Waals surface area contributed by atoms with Gasteiger partial charge in [-0.2, -0.15) is 17.7 Å². The van der Waals surface area contributed by atoms with Crippen LogP contribution in [-0.4, -0.2) is 38.8 Å². The summed E-state index contributed by atoms with van der Waals surface area (Å²) in [4.78, 5) is 14.4. The van der Waals surface area contributed by atoms with Crippen molar-refractivity contribution in [3.8, 4) is 0 Å². The van der Waals surface area contributed by atoms with Crippen LogP contribution in [0.3, 0.4) is 0 Å². The second-order valence-electron chi connectivity index (χ2n) is 7.39. The van der Waals surface area contributed by atoms with Crippen molar-refractivity contribution in [1.82, 2.24) is 25.1 Å². The molecule has 0 aliphatic carbocycles. The number of aromatic nitrogens is 4. The van der Waals surface area contributed by atoms with Crippen LogP contribution in [0, 0.1) is 12.8 Å². The van der Waals surface area contributed by atoms with Gasteiger partial charge in [0.25, 0.3) is 5.82 Å². The molecule has 1 aromatic carbocycles. The van der Waals surface area contributed by atoms with Crippen LogP contribution in [0.25, 0.3) is 5.65 Å². The molecule has 0 bridgehead atoms. The van der Waals surface area contributed by atoms with Crippen molar-refractivity contribution < 1.29 is 18.0 Å². The van der Waals surface area contributed by atoms with Gasteiger partial charge in [0.05, 0.1) is 0 Å². The van der Waals surface area contributed by atoms with E-state index in [2.05, 4.69) is 20.6 Å². The summed E-state index contributed by atoms with van der Waals surface area (Å²) in [7, 11) is 0. The van der Waals surface area contributed by atoms with Crippen molar-refractivity contribution in [2.45, 2.75) is 32.5 Å². The maximum absolute atomic E-state index is 13.1. The Kier molecular flexibility index (Phi) is 5.31. The number of nitrogens with one attached hydrogen (secondary N) is 1. The number of benzene rings is 1. The molecule has 1 N–H and O–H groups in total. The maximum Gasteiger partial charge on any atom is 0.453 e. The number of nitrogens with zero attached hydrogens (tertiary/aromatic N) is 5. The van der Waals surface area contributed by atoms with E-state index < -0.39 is 12.0 Å². The topological polar surface area (TPSA) is 75.4 Å². The molecular weight excluding hydrogens is 397 g/mol. The minimum absolute atomic E-state index is 0.000480. The summed E-state index contributed by atoms with van der Waals surface area (Å²) in [5.74, 6) is -0.870. The lowest BCUT2D eigenvalue weighted by molar-refractivity contribution is -0.146. The molecule has 158 valence electrons. The molecule has 3 aromatic rings. The number of fused-ring (bicyclic) bond motifs is 1. The van der Waals surface area contributed by atoms with E-state index in [0.29, 0.717) is 38.3 Å². The first-order chi connectivity index (χ1) is 14.3. The van der Waals surface area contributed by atoms with Gasteiger partial charge in [0, 0.05) is 25.6 Å². The summed E-state index contributed by atoms with van der Waals surface area (Å²) in [5.41, 5.74) is 2.24. The zero-order valence-electron chi connectivity index (χ0n) is 16.4. The number of aryl methyl sites for hydroxylation is 1. The summed E-state index contributed by atoms with van der Waals surface area (Å²) in [6.07, 6.45) is -3.42. The molecule has 0 saturated carbocycles. The Balaban J connectivity index is 1.38. The summed E-state index contributed by atoms with van der Waals surface area (Å²) >= 11 is 0. The lowest BCUT2D eigenvalue weighted by Gasteiger charge is -2.32. The molecule has 3 heterocycles. The second kappa shape index (κ2) is 7.92. The van der Waals surface area contributed by atoms with E-state index in [1.54, 1.807) is 6.07 Å². The highest BCUT2D eigenvalue weighted by atomic mass is 19.4. The SMILES string of the molecule is Cc1ccccc1CNC(=O)C1CCN(c2ccc3nnc(C(F)(F)F)n3n2)CC1. The number of anilines is 1. The Labute approximate surface area is 170 Å². The number of carbonyl (C=O) groups excluding carboxylic acids is 1. The minimum Gasteiger partial charge on any atom is -0.355 e. The van der Waals surface area contributed by atoms with Crippen molar-refractivity contribution in [3.05, 3.63) is 53.3 Å². The smallest absolute Gasteiger partial charge is 0.355 e. The van der Waals surface area contributed by atoms with Gasteiger partial charge in [-0.1, -0.05) is 24.3 Å². The van der Waals surface area contributed by atoms with Crippen LogP contribution in [0.15, 0.2) is 36.4 Å². The highest BCUT2D eigenvalue weighted by Crippen LogP contribution is 2.28. The van der Waals surface area contributed by atoms with Gasteiger partial charge < -0.3 is 10.2 Å². The molecule has 4 rings (SSSR count). The molecule has 0 spiro atoms. The van der Waals surface area contributed by atoms with E-state index in [9.17, 15) is 18.0 Å². The van der Waals surface area contributed by atoms with Crippen LogP contribution < -0.4 is 10.2 Å². The van der Waals surface area contributed by atoms with Crippen LogP contribution in [0.4, 0.5) is 19.0 Å². The Morgan fingerprint density at radius 3 is 2.57 bits per heavy atom. The molecule has 1 fully saturated rings. The Morgan fingerprint density at radius 2 is 1.87 bits per heavy atom. The van der Waals surface area contributed by atoms with E-state index in [1.807, 2.05) is 36.1 Å². The minimum atomic E-state index is -4.63. The van der Waals surface area contributed by atoms with Gasteiger partial charge in [0.2, 0.25) is 5.91 Å². The first-order valence-corrected chi connectivity index (χ1v) is 9.70. The zero-order valence-corrected chi connectivity index (χ0v) is 16.4. The molecule has 2 aromatic heterocycles. The van der Waals surface area contributed by atoms with Crippen molar-refractivity contribution in [2.24, 2.45) is 5.92 Å². The molecule has 1 aliphatic rings. The molecular formula is C20H21F3N6O. The molecule has 1 amide bonds. The van der Waals surface area contributed by atoms with Gasteiger partial charge in [-0.3, -0.25) is 4.79 Å². The fourth-order valence-corrected chi connectivity index (χ4v) is 3.63. The highest BCUT2D eigenvalue weighted by Gasteiger charge is 2.38. The highest BCUT2D eigenvalue weighted by molar-refractivity contribution is 5.79. The van der Waals surface area contributed by atoms with Crippen LogP contribution in [-0.2, 0) is 17.5 Å². The summed E-state index contributed by atoms with van der Waals surface area (Å²) in [5, 5.41) is 13.8. The summed E-state index contributed by atoms with van der Waals surface area (Å²) < 4.78 is 39.9. The number of piperidine rings is 1. The molecule has 7 nitrogen and oxygen atoms in total. The third kappa shape index (κ3) is 4.07. The first kappa shape index (κ1) is 20.1. The Morgan fingerprint density at radius 1 is 1.13 bits per heavy atom. The van der Waals surface area contributed by atoms with Crippen LogP contribution in [0.5, 0.6) is 0 Å². The van der Waals surface area contributed by atoms with E-state index in [-0.39, 0.29) is 17.5 Å². The van der Waals surface area contributed by atoms with Gasteiger partial charge >= 0.3 is 6.18 Å². The molecule has 1 aliphatic heterocycles. The fraction of sp³-hybridized carbons (Fsp3) is 0.400. The average molecular weight is 418 g/mol. The van der Waals surface area contributed by atoms with Gasteiger partial charge in [-0.15, -0.1) is 15.3 Å². The predicted molar refractivity (Wildman–Crippen MR) is 104 cm³/mol. The van der Waals surface area contributed by atoms with Crippen molar-refractivity contribution in [1.29, 1.82) is 0 Å². The van der Waals surface area contributed by atoms with Gasteiger partial charge in [-0.25, -0.2) is 0 Å². The standard InChI is InChI=1S/C20H21F3N6O/c1-13-4-2-3-5-15(13)12-24-18(30)14-8-10-28(11-9-14)17-7-6-16-25-26-19(20(21,22)23)29(16)27-17/h2-7,14H,8-12H2,1H3,(H,24,30). The van der Waals surface area contributed by atoms with Crippen molar-refractivity contribution in [2.75, 3.05) is 18.0 Å². The predicted octanol–water partition coefficient (Wildman–Crippen LogP) is 2.98. The van der Waals surface area contributed by atoms with Crippen LogP contribution in [0.2, 0.25) is 0 Å². The number of carbonyl (C=O) groups is 1. The molecule has 0 radical (unpaired) electrons. The van der Waals surface area contributed by atoms with E-state index >= 15 is 0 Å². The van der Waals surface area contributed by atoms with E-state index in [4.69, 9.17) is 0 Å². The number of alkyl halides is 3. The van der Waals surface area contributed by atoms with Gasteiger partial charge in [0.15, 0.2) is 5.65 Å². The van der Waals surface area contributed by atoms with Gasteiger partial charge in [-0.05, 0) is 43.0 Å². The molecule has 0 atom stereocenters. The number of hydrogen-bond donors (Lipinski definition) is 1. The van der Waals surface area contributed by atoms with Crippen molar-refractivity contribution in [3.63, 3.8) is 0 Å². The number of halogens is 3. The molecule has 10 heteroatoms. The van der Waals surface area contributed by atoms with Crippen LogP contribution >= 0.6 is 0 Å². The maximum atomic E-state index is 13.1. The summed E-state index contributed by atoms with van der Waals surface area (Å²) in [6.45, 7) is 3.55. The molecule has 0 unspecified atom stereocenters. The second-order valence-corrected chi connectivity index (χ2v) is 7.39. The zero-order chi connectivity index (χ0) is 21.3. The summed E-state index contributed by atoms with van der Waals surface area (Å²) in [6, 6.07) is 11.0. The number of hydrogen-bond acceptors (Lipinski definition) is 5. The number of amides is 1. The monoisotopic (exact) mass is 418 g/mol.